The van der Waals surface area contributed by atoms with Gasteiger partial charge in [-0.2, -0.15) is 8.61 Å². The fraction of sp³-hybridized carbons (Fsp3) is 0.514. The molecule has 0 bridgehead atoms. The van der Waals surface area contributed by atoms with Crippen LogP contribution in [0, 0.1) is 23.7 Å². The zero-order valence-electron chi connectivity index (χ0n) is 31.5. The number of morpholine rings is 2. The molecule has 2 aromatic carbocycles. The molecule has 6 unspecified atom stereocenters. The number of hydroxylamine groups is 1. The number of carbonyl (C=O) groups excluding carboxylic acids is 2. The molecule has 6 atom stereocenters. The average molecular weight is 792 g/mol. The summed E-state index contributed by atoms with van der Waals surface area (Å²) in [4.78, 5) is 24.3. The molecule has 15 nitrogen and oxygen atoms in total. The molecular formula is C37H49N3O12S2. The quantitative estimate of drug-likeness (QED) is 0.155. The van der Waals surface area contributed by atoms with Gasteiger partial charge in [-0.15, -0.1) is 11.8 Å². The fourth-order valence-corrected chi connectivity index (χ4v) is 9.22. The molecule has 2 aromatic rings. The van der Waals surface area contributed by atoms with Gasteiger partial charge in [0.2, 0.25) is 20.0 Å². The van der Waals surface area contributed by atoms with Crippen LogP contribution in [-0.4, -0.2) is 112 Å². The molecule has 2 aliphatic heterocycles. The van der Waals surface area contributed by atoms with Crippen LogP contribution < -0.4 is 15.0 Å². The predicted octanol–water partition coefficient (Wildman–Crippen LogP) is 2.97. The molecule has 17 heteroatoms. The normalized spacial score (nSPS) is 23.2. The maximum absolute atomic E-state index is 13.1. The van der Waals surface area contributed by atoms with E-state index in [9.17, 15) is 26.4 Å². The summed E-state index contributed by atoms with van der Waals surface area (Å²) in [7, 11) is -6.66. The molecule has 0 spiro atoms. The Morgan fingerprint density at radius 1 is 0.722 bits per heavy atom. The SMILES string of the molecule is CCC#CCOc1ccc(S(=O)(=O)N2CC(C)OC(C)C2C(=O)NO)cc1.CCC#CCOc1ccc(S(=O)(=O)N2CC(C)OC(C)C2C(=O)OC)cc1. The molecule has 2 fully saturated rings. The molecule has 0 radical (unpaired) electrons. The first-order valence-electron chi connectivity index (χ1n) is 17.4. The highest BCUT2D eigenvalue weighted by atomic mass is 32.2. The second-order valence-corrected chi connectivity index (χ2v) is 16.1. The summed E-state index contributed by atoms with van der Waals surface area (Å²) in [5.41, 5.74) is 1.52. The van der Waals surface area contributed by atoms with E-state index in [0.29, 0.717) is 11.5 Å². The Morgan fingerprint density at radius 3 is 1.48 bits per heavy atom. The summed E-state index contributed by atoms with van der Waals surface area (Å²) in [5, 5.41) is 8.98. The van der Waals surface area contributed by atoms with Crippen molar-refractivity contribution in [3.8, 4) is 35.2 Å². The monoisotopic (exact) mass is 791 g/mol. The summed E-state index contributed by atoms with van der Waals surface area (Å²) in [5.74, 6) is 11.0. The van der Waals surface area contributed by atoms with Crippen LogP contribution in [0.4, 0.5) is 0 Å². The Kier molecular flexibility index (Phi) is 16.8. The number of carbonyl (C=O) groups is 2. The van der Waals surface area contributed by atoms with E-state index in [1.807, 2.05) is 13.8 Å². The Balaban J connectivity index is 0.000000290. The van der Waals surface area contributed by atoms with Gasteiger partial charge in [0.25, 0.3) is 5.91 Å². The van der Waals surface area contributed by atoms with E-state index in [4.69, 9.17) is 28.9 Å². The maximum Gasteiger partial charge on any atom is 0.326 e. The molecule has 2 heterocycles. The first-order chi connectivity index (χ1) is 25.6. The van der Waals surface area contributed by atoms with Gasteiger partial charge in [0.15, 0.2) is 0 Å². The number of amides is 1. The van der Waals surface area contributed by atoms with Gasteiger partial charge in [-0.1, -0.05) is 25.7 Å². The van der Waals surface area contributed by atoms with E-state index in [-0.39, 0.29) is 42.2 Å². The van der Waals surface area contributed by atoms with Crippen LogP contribution in [0.3, 0.4) is 0 Å². The van der Waals surface area contributed by atoms with Crippen molar-refractivity contribution in [3.63, 3.8) is 0 Å². The summed E-state index contributed by atoms with van der Waals surface area (Å²) in [6, 6.07) is 9.75. The van der Waals surface area contributed by atoms with Gasteiger partial charge in [-0.25, -0.2) is 22.3 Å². The summed E-state index contributed by atoms with van der Waals surface area (Å²) < 4.78 is 81.4. The lowest BCUT2D eigenvalue weighted by Gasteiger charge is -2.40. The third-order valence-electron chi connectivity index (χ3n) is 8.19. The number of nitrogens with one attached hydrogen (secondary N) is 1. The zero-order valence-corrected chi connectivity index (χ0v) is 33.1. The lowest BCUT2D eigenvalue weighted by atomic mass is 10.1. The number of ether oxygens (including phenoxy) is 5. The van der Waals surface area contributed by atoms with Gasteiger partial charge < -0.3 is 23.7 Å². The molecule has 54 heavy (non-hydrogen) atoms. The molecule has 2 aliphatic rings. The van der Waals surface area contributed by atoms with Crippen LogP contribution in [-0.2, 0) is 43.8 Å². The zero-order chi connectivity index (χ0) is 40.1. The number of methoxy groups -OCH3 is 1. The molecule has 1 amide bonds. The molecular weight excluding hydrogens is 743 g/mol. The van der Waals surface area contributed by atoms with Crippen LogP contribution >= 0.6 is 0 Å². The van der Waals surface area contributed by atoms with E-state index < -0.39 is 62.3 Å². The Morgan fingerprint density at radius 2 is 1.11 bits per heavy atom. The lowest BCUT2D eigenvalue weighted by Crippen LogP contribution is -2.60. The van der Waals surface area contributed by atoms with Crippen LogP contribution in [0.2, 0.25) is 0 Å². The van der Waals surface area contributed by atoms with Gasteiger partial charge in [0, 0.05) is 25.9 Å². The second-order valence-electron chi connectivity index (χ2n) is 12.3. The number of sulfonamides is 2. The third-order valence-corrected chi connectivity index (χ3v) is 11.9. The van der Waals surface area contributed by atoms with Crippen molar-refractivity contribution in [2.45, 2.75) is 101 Å². The predicted molar refractivity (Wildman–Crippen MR) is 197 cm³/mol. The minimum atomic E-state index is -3.98. The van der Waals surface area contributed by atoms with E-state index in [2.05, 4.69) is 23.7 Å². The van der Waals surface area contributed by atoms with Crippen molar-refractivity contribution in [1.29, 1.82) is 0 Å². The van der Waals surface area contributed by atoms with E-state index in [1.165, 1.54) is 49.0 Å². The fourth-order valence-electron chi connectivity index (χ4n) is 5.78. The van der Waals surface area contributed by atoms with Gasteiger partial charge in [-0.3, -0.25) is 14.8 Å². The topological polar surface area (TPSA) is 187 Å². The minimum Gasteiger partial charge on any atom is -0.481 e. The number of nitrogens with zero attached hydrogens (tertiary/aromatic N) is 2. The largest absolute Gasteiger partial charge is 0.481 e. The van der Waals surface area contributed by atoms with Crippen LogP contribution in [0.5, 0.6) is 11.5 Å². The van der Waals surface area contributed by atoms with Gasteiger partial charge in [0.05, 0.1) is 41.3 Å². The Labute approximate surface area is 318 Å². The van der Waals surface area contributed by atoms with Crippen molar-refractivity contribution in [1.82, 2.24) is 14.1 Å². The molecule has 0 aromatic heterocycles. The minimum absolute atomic E-state index is 0.00435. The van der Waals surface area contributed by atoms with Gasteiger partial charge in [0.1, 0.15) is 36.8 Å². The number of esters is 1. The number of benzene rings is 2. The standard InChI is InChI=1S/C19H25NO6S.C18H24N2O6S/c1-5-6-7-12-25-16-8-10-17(11-9-16)27(22,23)20-13-14(2)26-15(3)18(20)19(21)24-4;1-4-5-6-11-25-15-7-9-16(10-8-15)27(23,24)20-12-13(2)26-14(3)17(20)18(21)19-22/h8-11,14-15,18H,5,12-13H2,1-4H3;7-10,13-14,17,22H,4,11-12H2,1-3H3,(H,19,21). The van der Waals surface area contributed by atoms with Crippen LogP contribution in [0.1, 0.15) is 54.4 Å². The Hall–Kier alpha value is -4.20. The van der Waals surface area contributed by atoms with Crippen LogP contribution in [0.25, 0.3) is 0 Å². The molecule has 296 valence electrons. The summed E-state index contributed by atoms with van der Waals surface area (Å²) in [6.07, 6.45) is -0.573. The Bertz CT molecular complexity index is 1760. The number of hydrogen-bond acceptors (Lipinski definition) is 12. The highest BCUT2D eigenvalue weighted by Gasteiger charge is 2.46. The highest BCUT2D eigenvalue weighted by molar-refractivity contribution is 7.89. The van der Waals surface area contributed by atoms with Crippen molar-refractivity contribution < 1.29 is 55.3 Å². The lowest BCUT2D eigenvalue weighted by molar-refractivity contribution is -0.158. The van der Waals surface area contributed by atoms with Crippen molar-refractivity contribution in [3.05, 3.63) is 48.5 Å². The molecule has 4 rings (SSSR count). The van der Waals surface area contributed by atoms with E-state index in [0.717, 1.165) is 21.5 Å². The average Bonchev–Trinajstić information content (AvgIpc) is 3.14. The second kappa shape index (κ2) is 20.5. The van der Waals surface area contributed by atoms with Gasteiger partial charge >= 0.3 is 5.97 Å². The first kappa shape index (κ1) is 44.2. The van der Waals surface area contributed by atoms with E-state index >= 15 is 0 Å². The van der Waals surface area contributed by atoms with Crippen molar-refractivity contribution >= 4 is 31.9 Å². The van der Waals surface area contributed by atoms with Crippen LogP contribution in [0.15, 0.2) is 58.3 Å². The molecule has 0 saturated carbocycles. The molecule has 0 aliphatic carbocycles. The summed E-state index contributed by atoms with van der Waals surface area (Å²) >= 11 is 0. The third kappa shape index (κ3) is 11.4. The summed E-state index contributed by atoms with van der Waals surface area (Å²) in [6.45, 7) is 11.1. The van der Waals surface area contributed by atoms with Gasteiger partial charge in [-0.05, 0) is 76.2 Å². The highest BCUT2D eigenvalue weighted by Crippen LogP contribution is 2.29. The van der Waals surface area contributed by atoms with Crippen molar-refractivity contribution in [2.24, 2.45) is 0 Å². The van der Waals surface area contributed by atoms with E-state index in [1.54, 1.807) is 39.8 Å². The smallest absolute Gasteiger partial charge is 0.326 e. The molecule has 2 saturated heterocycles. The van der Waals surface area contributed by atoms with Crippen molar-refractivity contribution in [2.75, 3.05) is 33.4 Å². The first-order valence-corrected chi connectivity index (χ1v) is 20.2. The maximum atomic E-state index is 13.1. The number of hydrogen-bond donors (Lipinski definition) is 2. The molecule has 2 N–H and O–H groups in total. The number of rotatable bonds is 10.